The maximum Gasteiger partial charge on any atom is 0.242 e. The van der Waals surface area contributed by atoms with Crippen molar-refractivity contribution < 1.29 is 18.8 Å². The lowest BCUT2D eigenvalue weighted by Crippen LogP contribution is -2.41. The number of rotatable bonds is 4. The van der Waals surface area contributed by atoms with Crippen molar-refractivity contribution in [1.82, 2.24) is 10.1 Å². The highest BCUT2D eigenvalue weighted by atomic mass is 16.5. The van der Waals surface area contributed by atoms with Crippen LogP contribution in [0.5, 0.6) is 5.75 Å². The molecule has 3 rings (SSSR count). The fourth-order valence-corrected chi connectivity index (χ4v) is 2.57. The maximum atomic E-state index is 12.5. The van der Waals surface area contributed by atoms with Crippen LogP contribution in [0.25, 0.3) is 0 Å². The van der Waals surface area contributed by atoms with E-state index >= 15 is 0 Å². The van der Waals surface area contributed by atoms with Crippen molar-refractivity contribution in [2.45, 2.75) is 19.9 Å². The molecule has 7 heteroatoms. The minimum absolute atomic E-state index is 0.0352. The van der Waals surface area contributed by atoms with Crippen molar-refractivity contribution in [3.05, 3.63) is 41.8 Å². The van der Waals surface area contributed by atoms with Gasteiger partial charge in [-0.1, -0.05) is 17.3 Å². The number of fused-ring (bicyclic) bond motifs is 1. The second-order valence-electron chi connectivity index (χ2n) is 5.72. The molecule has 7 nitrogen and oxygen atoms in total. The minimum atomic E-state index is -0.180. The van der Waals surface area contributed by atoms with E-state index in [1.54, 1.807) is 32.2 Å². The van der Waals surface area contributed by atoms with Gasteiger partial charge in [0.25, 0.3) is 0 Å². The van der Waals surface area contributed by atoms with Crippen LogP contribution in [0.15, 0.2) is 34.9 Å². The van der Waals surface area contributed by atoms with Crippen molar-refractivity contribution >= 4 is 17.5 Å². The van der Waals surface area contributed by atoms with E-state index < -0.39 is 0 Å². The molecule has 1 aromatic heterocycles. The Morgan fingerprint density at radius 2 is 2.17 bits per heavy atom. The molecular weight excluding hydrogens is 310 g/mol. The number of para-hydroxylation sites is 2. The van der Waals surface area contributed by atoms with Gasteiger partial charge in [0, 0.05) is 13.1 Å². The van der Waals surface area contributed by atoms with E-state index in [1.165, 1.54) is 9.80 Å². The van der Waals surface area contributed by atoms with E-state index in [0.717, 1.165) is 0 Å². The number of hydrogen-bond acceptors (Lipinski definition) is 5. The SMILES string of the molecule is Cc1cc(CN(C)C(=O)CN2C(=O)CCOc3ccccc32)no1. The Morgan fingerprint density at radius 1 is 1.38 bits per heavy atom. The van der Waals surface area contributed by atoms with Crippen LogP contribution in [0, 0.1) is 6.92 Å². The number of ether oxygens (including phenoxy) is 1. The monoisotopic (exact) mass is 329 g/mol. The molecule has 0 bridgehead atoms. The van der Waals surface area contributed by atoms with Crippen LogP contribution >= 0.6 is 0 Å². The second kappa shape index (κ2) is 6.74. The van der Waals surface area contributed by atoms with Crippen molar-refractivity contribution in [3.63, 3.8) is 0 Å². The molecule has 2 heterocycles. The van der Waals surface area contributed by atoms with Crippen LogP contribution in [0.1, 0.15) is 17.9 Å². The molecule has 0 unspecified atom stereocenters. The third-order valence-corrected chi connectivity index (χ3v) is 3.83. The molecule has 0 radical (unpaired) electrons. The standard InChI is InChI=1S/C17H19N3O4/c1-12-9-13(18-24-12)10-19(2)17(22)11-20-14-5-3-4-6-15(14)23-8-7-16(20)21/h3-6,9H,7-8,10-11H2,1-2H3. The van der Waals surface area contributed by atoms with Gasteiger partial charge in [0.05, 0.1) is 25.3 Å². The molecule has 0 saturated carbocycles. The Kier molecular flexibility index (Phi) is 4.50. The molecule has 126 valence electrons. The minimum Gasteiger partial charge on any atom is -0.491 e. The number of aryl methyl sites for hydroxylation is 1. The van der Waals surface area contributed by atoms with Gasteiger partial charge in [0.2, 0.25) is 11.8 Å². The van der Waals surface area contributed by atoms with Gasteiger partial charge in [-0.3, -0.25) is 14.5 Å². The van der Waals surface area contributed by atoms with Crippen molar-refractivity contribution in [3.8, 4) is 5.75 Å². The maximum absolute atomic E-state index is 12.5. The summed E-state index contributed by atoms with van der Waals surface area (Å²) in [5.41, 5.74) is 1.30. The number of nitrogens with zero attached hydrogens (tertiary/aromatic N) is 3. The number of carbonyl (C=O) groups is 2. The topological polar surface area (TPSA) is 75.9 Å². The third-order valence-electron chi connectivity index (χ3n) is 3.83. The van der Waals surface area contributed by atoms with E-state index in [1.807, 2.05) is 12.1 Å². The Morgan fingerprint density at radius 3 is 2.92 bits per heavy atom. The Hall–Kier alpha value is -2.83. The average molecular weight is 329 g/mol. The van der Waals surface area contributed by atoms with Crippen LogP contribution in [0.2, 0.25) is 0 Å². The van der Waals surface area contributed by atoms with E-state index in [4.69, 9.17) is 9.26 Å². The third kappa shape index (κ3) is 3.40. The second-order valence-corrected chi connectivity index (χ2v) is 5.72. The summed E-state index contributed by atoms with van der Waals surface area (Å²) >= 11 is 0. The first-order valence-electron chi connectivity index (χ1n) is 7.73. The predicted molar refractivity (Wildman–Crippen MR) is 86.6 cm³/mol. The number of benzene rings is 1. The van der Waals surface area contributed by atoms with Crippen LogP contribution in [-0.2, 0) is 16.1 Å². The molecule has 1 aliphatic rings. The van der Waals surface area contributed by atoms with Crippen molar-refractivity contribution in [1.29, 1.82) is 0 Å². The summed E-state index contributed by atoms with van der Waals surface area (Å²) < 4.78 is 10.6. The summed E-state index contributed by atoms with van der Waals surface area (Å²) in [5, 5.41) is 3.88. The summed E-state index contributed by atoms with van der Waals surface area (Å²) in [6, 6.07) is 9.03. The molecular formula is C17H19N3O4. The number of likely N-dealkylation sites (N-methyl/N-ethyl adjacent to an activating group) is 1. The number of amides is 2. The van der Waals surface area contributed by atoms with Crippen LogP contribution < -0.4 is 9.64 Å². The lowest BCUT2D eigenvalue weighted by atomic mass is 10.2. The highest BCUT2D eigenvalue weighted by molar-refractivity contribution is 6.00. The average Bonchev–Trinajstić information content (AvgIpc) is 2.90. The number of hydrogen-bond donors (Lipinski definition) is 0. The number of aromatic nitrogens is 1. The smallest absolute Gasteiger partial charge is 0.242 e. The van der Waals surface area contributed by atoms with Crippen molar-refractivity contribution in [2.24, 2.45) is 0 Å². The molecule has 0 spiro atoms. The molecule has 1 aromatic carbocycles. The van der Waals surface area contributed by atoms with Gasteiger partial charge in [0.15, 0.2) is 0 Å². The first kappa shape index (κ1) is 16.0. The molecule has 2 amide bonds. The predicted octanol–water partition coefficient (Wildman–Crippen LogP) is 1.76. The van der Waals surface area contributed by atoms with Crippen LogP contribution in [0.3, 0.4) is 0 Å². The molecule has 2 aromatic rings. The summed E-state index contributed by atoms with van der Waals surface area (Å²) in [4.78, 5) is 27.9. The number of anilines is 1. The number of carbonyl (C=O) groups excluding carboxylic acids is 2. The van der Waals surface area contributed by atoms with Gasteiger partial charge in [-0.2, -0.15) is 0 Å². The quantitative estimate of drug-likeness (QED) is 0.854. The zero-order valence-corrected chi connectivity index (χ0v) is 13.7. The summed E-state index contributed by atoms with van der Waals surface area (Å²) in [7, 11) is 1.68. The van der Waals surface area contributed by atoms with Gasteiger partial charge >= 0.3 is 0 Å². The normalized spacial score (nSPS) is 13.9. The summed E-state index contributed by atoms with van der Waals surface area (Å²) in [6.07, 6.45) is 0.244. The largest absolute Gasteiger partial charge is 0.491 e. The van der Waals surface area contributed by atoms with E-state index in [2.05, 4.69) is 5.16 Å². The molecule has 24 heavy (non-hydrogen) atoms. The molecule has 1 aliphatic heterocycles. The highest BCUT2D eigenvalue weighted by Gasteiger charge is 2.26. The first-order valence-corrected chi connectivity index (χ1v) is 7.73. The zero-order valence-electron chi connectivity index (χ0n) is 13.7. The molecule has 0 N–H and O–H groups in total. The van der Waals surface area contributed by atoms with Gasteiger partial charge in [-0.15, -0.1) is 0 Å². The van der Waals surface area contributed by atoms with Gasteiger partial charge < -0.3 is 14.2 Å². The Balaban J connectivity index is 1.73. The van der Waals surface area contributed by atoms with E-state index in [-0.39, 0.29) is 24.8 Å². The van der Waals surface area contributed by atoms with Gasteiger partial charge in [-0.05, 0) is 19.1 Å². The van der Waals surface area contributed by atoms with Gasteiger partial charge in [0.1, 0.15) is 23.7 Å². The molecule has 0 aliphatic carbocycles. The first-order chi connectivity index (χ1) is 11.5. The fraction of sp³-hybridized carbons (Fsp3) is 0.353. The lowest BCUT2D eigenvalue weighted by Gasteiger charge is -2.24. The molecule has 0 fully saturated rings. The van der Waals surface area contributed by atoms with Gasteiger partial charge in [-0.25, -0.2) is 0 Å². The van der Waals surface area contributed by atoms with Crippen molar-refractivity contribution in [2.75, 3.05) is 25.1 Å². The lowest BCUT2D eigenvalue weighted by molar-refractivity contribution is -0.130. The zero-order chi connectivity index (χ0) is 17.1. The van der Waals surface area contributed by atoms with E-state index in [9.17, 15) is 9.59 Å². The van der Waals surface area contributed by atoms with Crippen LogP contribution in [0.4, 0.5) is 5.69 Å². The fourth-order valence-electron chi connectivity index (χ4n) is 2.57. The summed E-state index contributed by atoms with van der Waals surface area (Å²) in [5.74, 6) is 1.00. The Bertz CT molecular complexity index is 756. The Labute approximate surface area is 139 Å². The molecule has 0 atom stereocenters. The highest BCUT2D eigenvalue weighted by Crippen LogP contribution is 2.30. The van der Waals surface area contributed by atoms with E-state index in [0.29, 0.717) is 36.0 Å². The molecule has 0 saturated heterocycles. The van der Waals surface area contributed by atoms with Crippen LogP contribution in [-0.4, -0.2) is 42.1 Å². The summed E-state index contributed by atoms with van der Waals surface area (Å²) in [6.45, 7) is 2.41.